The number of aromatic nitrogens is 2. The van der Waals surface area contributed by atoms with Crippen LogP contribution in [0, 0.1) is 13.8 Å². The predicted molar refractivity (Wildman–Crippen MR) is 110 cm³/mol. The van der Waals surface area contributed by atoms with Crippen LogP contribution in [0.3, 0.4) is 0 Å². The van der Waals surface area contributed by atoms with Gasteiger partial charge in [0.15, 0.2) is 0 Å². The van der Waals surface area contributed by atoms with Crippen molar-refractivity contribution in [2.24, 2.45) is 0 Å². The molecular formula is C22H23N3O2S. The van der Waals surface area contributed by atoms with Crippen LogP contribution in [0.15, 0.2) is 52.1 Å². The molecule has 144 valence electrons. The van der Waals surface area contributed by atoms with E-state index in [1.807, 2.05) is 41.3 Å². The highest BCUT2D eigenvalue weighted by atomic mass is 32.2. The Morgan fingerprint density at radius 3 is 2.39 bits per heavy atom. The first-order chi connectivity index (χ1) is 13.6. The molecule has 1 aliphatic heterocycles. The number of hydrogen-bond donors (Lipinski definition) is 0. The van der Waals surface area contributed by atoms with Crippen molar-refractivity contribution in [1.82, 2.24) is 15.1 Å². The number of benzene rings is 2. The number of carbonyl (C=O) groups is 1. The molecule has 1 amide bonds. The lowest BCUT2D eigenvalue weighted by atomic mass is 10.1. The summed E-state index contributed by atoms with van der Waals surface area (Å²) in [4.78, 5) is 14.3. The molecule has 1 saturated heterocycles. The van der Waals surface area contributed by atoms with Crippen LogP contribution >= 0.6 is 11.8 Å². The van der Waals surface area contributed by atoms with Crippen molar-refractivity contribution in [2.75, 3.05) is 13.1 Å². The molecule has 28 heavy (non-hydrogen) atoms. The lowest BCUT2D eigenvalue weighted by molar-refractivity contribution is 0.0793. The average Bonchev–Trinajstić information content (AvgIpc) is 3.37. The van der Waals surface area contributed by atoms with E-state index in [9.17, 15) is 4.79 Å². The molecule has 0 bridgehead atoms. The Bertz CT molecular complexity index is 955. The maximum absolute atomic E-state index is 12.4. The highest BCUT2D eigenvalue weighted by Crippen LogP contribution is 2.27. The van der Waals surface area contributed by atoms with Crippen molar-refractivity contribution in [3.05, 3.63) is 64.7 Å². The number of hydrogen-bond acceptors (Lipinski definition) is 5. The van der Waals surface area contributed by atoms with E-state index in [4.69, 9.17) is 4.42 Å². The Morgan fingerprint density at radius 2 is 1.71 bits per heavy atom. The second-order valence-electron chi connectivity index (χ2n) is 7.23. The zero-order valence-corrected chi connectivity index (χ0v) is 17.0. The first-order valence-electron chi connectivity index (χ1n) is 9.52. The van der Waals surface area contributed by atoms with E-state index >= 15 is 0 Å². The third-order valence-corrected chi connectivity index (χ3v) is 5.72. The molecule has 2 heterocycles. The highest BCUT2D eigenvalue weighted by molar-refractivity contribution is 7.98. The van der Waals surface area contributed by atoms with Gasteiger partial charge in [-0.25, -0.2) is 0 Å². The number of thioether (sulfide) groups is 1. The number of likely N-dealkylation sites (tertiary alicyclic amines) is 1. The van der Waals surface area contributed by atoms with Gasteiger partial charge >= 0.3 is 0 Å². The van der Waals surface area contributed by atoms with Gasteiger partial charge in [0, 0.05) is 30.0 Å². The summed E-state index contributed by atoms with van der Waals surface area (Å²) in [6, 6.07) is 14.0. The standard InChI is InChI=1S/C22H23N3O2S/c1-15-11-16(2)13-19(12-15)20-23-24-22(27-20)28-14-17-5-7-18(8-6-17)21(26)25-9-3-4-10-25/h5-8,11-13H,3-4,9-10,14H2,1-2H3. The molecule has 4 rings (SSSR count). The van der Waals surface area contributed by atoms with Crippen LogP contribution in [0.2, 0.25) is 0 Å². The molecule has 1 aromatic heterocycles. The first-order valence-corrected chi connectivity index (χ1v) is 10.5. The van der Waals surface area contributed by atoms with Gasteiger partial charge in [-0.05, 0) is 56.5 Å². The van der Waals surface area contributed by atoms with E-state index in [2.05, 4.69) is 30.1 Å². The van der Waals surface area contributed by atoms with Gasteiger partial charge in [0.05, 0.1) is 0 Å². The van der Waals surface area contributed by atoms with Crippen molar-refractivity contribution in [1.29, 1.82) is 0 Å². The first kappa shape index (κ1) is 18.7. The maximum atomic E-state index is 12.4. The lowest BCUT2D eigenvalue weighted by Crippen LogP contribution is -2.27. The van der Waals surface area contributed by atoms with Gasteiger partial charge in [0.1, 0.15) is 0 Å². The predicted octanol–water partition coefficient (Wildman–Crippen LogP) is 4.88. The average molecular weight is 394 g/mol. The Morgan fingerprint density at radius 1 is 1.04 bits per heavy atom. The zero-order chi connectivity index (χ0) is 19.5. The molecule has 2 aromatic carbocycles. The Kier molecular flexibility index (Phi) is 5.48. The van der Waals surface area contributed by atoms with E-state index in [-0.39, 0.29) is 5.91 Å². The number of nitrogens with zero attached hydrogens (tertiary/aromatic N) is 3. The molecule has 3 aromatic rings. The largest absolute Gasteiger partial charge is 0.411 e. The number of carbonyl (C=O) groups excluding carboxylic acids is 1. The quantitative estimate of drug-likeness (QED) is 0.578. The molecule has 1 aliphatic rings. The smallest absolute Gasteiger partial charge is 0.277 e. The van der Waals surface area contributed by atoms with Gasteiger partial charge in [-0.1, -0.05) is 41.1 Å². The lowest BCUT2D eigenvalue weighted by Gasteiger charge is -2.15. The van der Waals surface area contributed by atoms with Crippen LogP contribution in [0.4, 0.5) is 0 Å². The molecule has 0 atom stereocenters. The molecule has 1 fully saturated rings. The zero-order valence-electron chi connectivity index (χ0n) is 16.1. The second-order valence-corrected chi connectivity index (χ2v) is 8.16. The van der Waals surface area contributed by atoms with E-state index in [1.165, 1.54) is 22.9 Å². The van der Waals surface area contributed by atoms with Crippen LogP contribution in [0.25, 0.3) is 11.5 Å². The van der Waals surface area contributed by atoms with Gasteiger partial charge in [-0.15, -0.1) is 10.2 Å². The van der Waals surface area contributed by atoms with Crippen molar-refractivity contribution in [3.63, 3.8) is 0 Å². The summed E-state index contributed by atoms with van der Waals surface area (Å²) in [6.45, 7) is 5.86. The summed E-state index contributed by atoms with van der Waals surface area (Å²) in [7, 11) is 0. The minimum atomic E-state index is 0.131. The molecule has 0 N–H and O–H groups in total. The molecule has 6 heteroatoms. The third kappa shape index (κ3) is 4.28. The molecule has 0 aliphatic carbocycles. The Balaban J connectivity index is 1.38. The van der Waals surface area contributed by atoms with Gasteiger partial charge in [0.25, 0.3) is 11.1 Å². The van der Waals surface area contributed by atoms with Gasteiger partial charge in [-0.2, -0.15) is 0 Å². The van der Waals surface area contributed by atoms with Crippen molar-refractivity contribution >= 4 is 17.7 Å². The Hall–Kier alpha value is -2.60. The molecule has 0 saturated carbocycles. The third-order valence-electron chi connectivity index (χ3n) is 4.83. The molecule has 5 nitrogen and oxygen atoms in total. The summed E-state index contributed by atoms with van der Waals surface area (Å²) < 4.78 is 5.81. The minimum absolute atomic E-state index is 0.131. The van der Waals surface area contributed by atoms with Crippen LogP contribution < -0.4 is 0 Å². The van der Waals surface area contributed by atoms with Crippen LogP contribution in [0.5, 0.6) is 0 Å². The van der Waals surface area contributed by atoms with Crippen LogP contribution in [0.1, 0.15) is 39.9 Å². The van der Waals surface area contributed by atoms with Crippen molar-refractivity contribution in [3.8, 4) is 11.5 Å². The van der Waals surface area contributed by atoms with Gasteiger partial charge in [-0.3, -0.25) is 4.79 Å². The summed E-state index contributed by atoms with van der Waals surface area (Å²) in [5.41, 5.74) is 5.17. The van der Waals surface area contributed by atoms with E-state index < -0.39 is 0 Å². The van der Waals surface area contributed by atoms with Crippen molar-refractivity contribution < 1.29 is 9.21 Å². The number of amides is 1. The summed E-state index contributed by atoms with van der Waals surface area (Å²) in [5, 5.41) is 8.87. The number of rotatable bonds is 5. The summed E-state index contributed by atoms with van der Waals surface area (Å²) in [6.07, 6.45) is 2.21. The SMILES string of the molecule is Cc1cc(C)cc(-c2nnc(SCc3ccc(C(=O)N4CCCC4)cc3)o2)c1. The normalized spacial score (nSPS) is 13.9. The van der Waals surface area contributed by atoms with Gasteiger partial charge in [0.2, 0.25) is 5.89 Å². The summed E-state index contributed by atoms with van der Waals surface area (Å²) in [5.74, 6) is 1.39. The number of aryl methyl sites for hydroxylation is 2. The molecular weight excluding hydrogens is 370 g/mol. The molecule has 0 spiro atoms. The fourth-order valence-corrected chi connectivity index (χ4v) is 4.19. The Labute approximate surface area is 169 Å². The van der Waals surface area contributed by atoms with Crippen LogP contribution in [-0.4, -0.2) is 34.1 Å². The molecule has 0 unspecified atom stereocenters. The summed E-state index contributed by atoms with van der Waals surface area (Å²) >= 11 is 1.50. The fraction of sp³-hybridized carbons (Fsp3) is 0.318. The van der Waals surface area contributed by atoms with E-state index in [1.54, 1.807) is 0 Å². The van der Waals surface area contributed by atoms with Crippen molar-refractivity contribution in [2.45, 2.75) is 37.7 Å². The molecule has 0 radical (unpaired) electrons. The second kappa shape index (κ2) is 8.19. The van der Waals surface area contributed by atoms with E-state index in [0.29, 0.717) is 16.9 Å². The topological polar surface area (TPSA) is 59.2 Å². The highest BCUT2D eigenvalue weighted by Gasteiger charge is 2.19. The van der Waals surface area contributed by atoms with E-state index in [0.717, 1.165) is 42.6 Å². The monoisotopic (exact) mass is 393 g/mol. The maximum Gasteiger partial charge on any atom is 0.277 e. The van der Waals surface area contributed by atoms with Gasteiger partial charge < -0.3 is 9.32 Å². The fourth-order valence-electron chi connectivity index (χ4n) is 3.47. The minimum Gasteiger partial charge on any atom is -0.411 e. The van der Waals surface area contributed by atoms with Crippen LogP contribution in [-0.2, 0) is 5.75 Å².